The summed E-state index contributed by atoms with van der Waals surface area (Å²) >= 11 is 6.29. The fourth-order valence-electron chi connectivity index (χ4n) is 3.66. The first kappa shape index (κ1) is 22.9. The van der Waals surface area contributed by atoms with Crippen LogP contribution in [0.2, 0.25) is 5.02 Å². The van der Waals surface area contributed by atoms with Gasteiger partial charge in [-0.3, -0.25) is 9.78 Å². The number of amides is 1. The predicted octanol–water partition coefficient (Wildman–Crippen LogP) is 3.19. The van der Waals surface area contributed by atoms with E-state index >= 15 is 0 Å². The van der Waals surface area contributed by atoms with Gasteiger partial charge in [-0.15, -0.1) is 0 Å². The highest BCUT2D eigenvalue weighted by Gasteiger charge is 2.28. The zero-order chi connectivity index (χ0) is 23.6. The highest BCUT2D eigenvalue weighted by Crippen LogP contribution is 2.42. The molecule has 3 heterocycles. The van der Waals surface area contributed by atoms with Gasteiger partial charge in [-0.25, -0.2) is 8.42 Å². The van der Waals surface area contributed by atoms with Crippen molar-refractivity contribution in [2.75, 3.05) is 37.6 Å². The summed E-state index contributed by atoms with van der Waals surface area (Å²) in [6, 6.07) is 7.02. The standard InChI is InChI=1S/C22H23ClN4O5S/c1-31-21-14(23)4-3-5-16(21)27-20-18-15(7-9-25-22(18)28)26-19(20)13-6-8-24-12-17(13)32-10-11-33(2,29)30/h3-6,8,12,26-27H,7,9-11H2,1-2H3,(H,25,28). The van der Waals surface area contributed by atoms with Crippen molar-refractivity contribution in [3.05, 3.63) is 52.9 Å². The number of rotatable bonds is 8. The number of fused-ring (bicyclic) bond motifs is 1. The summed E-state index contributed by atoms with van der Waals surface area (Å²) in [6.45, 7) is 0.489. The van der Waals surface area contributed by atoms with Gasteiger partial charge in [0.15, 0.2) is 15.6 Å². The number of para-hydroxylation sites is 1. The van der Waals surface area contributed by atoms with Crippen LogP contribution in [0.1, 0.15) is 16.1 Å². The van der Waals surface area contributed by atoms with E-state index in [4.69, 9.17) is 21.1 Å². The molecule has 4 rings (SSSR count). The third kappa shape index (κ3) is 4.91. The van der Waals surface area contributed by atoms with E-state index in [1.165, 1.54) is 13.3 Å². The Bertz CT molecular complexity index is 1310. The van der Waals surface area contributed by atoms with Crippen molar-refractivity contribution < 1.29 is 22.7 Å². The third-order valence-electron chi connectivity index (χ3n) is 5.16. The molecule has 0 spiro atoms. The Morgan fingerprint density at radius 2 is 2.09 bits per heavy atom. The Morgan fingerprint density at radius 3 is 2.85 bits per heavy atom. The minimum atomic E-state index is -3.19. The number of sulfone groups is 1. The lowest BCUT2D eigenvalue weighted by Crippen LogP contribution is -2.31. The normalized spacial score (nSPS) is 13.2. The first-order chi connectivity index (χ1) is 15.8. The molecule has 0 saturated heterocycles. The van der Waals surface area contributed by atoms with Gasteiger partial charge in [0.25, 0.3) is 5.91 Å². The lowest BCUT2D eigenvalue weighted by molar-refractivity contribution is 0.0947. The fraction of sp³-hybridized carbons (Fsp3) is 0.273. The van der Waals surface area contributed by atoms with Crippen LogP contribution in [0.5, 0.6) is 11.5 Å². The predicted molar refractivity (Wildman–Crippen MR) is 127 cm³/mol. The van der Waals surface area contributed by atoms with E-state index in [0.717, 1.165) is 11.9 Å². The molecular formula is C22H23ClN4O5S. The number of aromatic nitrogens is 2. The van der Waals surface area contributed by atoms with Gasteiger partial charge in [-0.1, -0.05) is 17.7 Å². The number of carbonyl (C=O) groups is 1. The van der Waals surface area contributed by atoms with Crippen molar-refractivity contribution in [2.45, 2.75) is 6.42 Å². The molecule has 0 fully saturated rings. The number of hydrogen-bond donors (Lipinski definition) is 3. The molecule has 9 nitrogen and oxygen atoms in total. The summed E-state index contributed by atoms with van der Waals surface area (Å²) in [6.07, 6.45) is 4.89. The Labute approximate surface area is 196 Å². The zero-order valence-electron chi connectivity index (χ0n) is 18.1. The molecule has 0 bridgehead atoms. The van der Waals surface area contributed by atoms with E-state index in [2.05, 4.69) is 20.6 Å². The number of benzene rings is 1. The van der Waals surface area contributed by atoms with Crippen LogP contribution in [-0.2, 0) is 16.3 Å². The number of carbonyl (C=O) groups excluding carboxylic acids is 1. The van der Waals surface area contributed by atoms with Crippen LogP contribution in [0.4, 0.5) is 11.4 Å². The number of halogens is 1. The van der Waals surface area contributed by atoms with E-state index in [1.54, 1.807) is 30.5 Å². The second-order valence-electron chi connectivity index (χ2n) is 7.53. The number of pyridine rings is 1. The maximum absolute atomic E-state index is 12.8. The second kappa shape index (κ2) is 9.32. The minimum absolute atomic E-state index is 0.0245. The monoisotopic (exact) mass is 490 g/mol. The van der Waals surface area contributed by atoms with E-state index < -0.39 is 9.84 Å². The number of aromatic amines is 1. The topological polar surface area (TPSA) is 122 Å². The van der Waals surface area contributed by atoms with Gasteiger partial charge in [0, 0.05) is 36.7 Å². The van der Waals surface area contributed by atoms with Crippen molar-refractivity contribution in [3.8, 4) is 22.8 Å². The minimum Gasteiger partial charge on any atom is -0.493 e. The molecule has 0 radical (unpaired) electrons. The SMILES string of the molecule is COc1c(Cl)cccc1Nc1c(-c2ccncc2OCCS(C)(=O)=O)[nH]c2c1C(=O)NCC2. The van der Waals surface area contributed by atoms with Gasteiger partial charge in [0.05, 0.1) is 46.7 Å². The fourth-order valence-corrected chi connectivity index (χ4v) is 4.30. The van der Waals surface area contributed by atoms with Crippen LogP contribution >= 0.6 is 11.6 Å². The first-order valence-electron chi connectivity index (χ1n) is 10.2. The van der Waals surface area contributed by atoms with Gasteiger partial charge < -0.3 is 25.1 Å². The van der Waals surface area contributed by atoms with Crippen molar-refractivity contribution in [3.63, 3.8) is 0 Å². The van der Waals surface area contributed by atoms with Crippen LogP contribution in [0.25, 0.3) is 11.3 Å². The maximum Gasteiger partial charge on any atom is 0.255 e. The van der Waals surface area contributed by atoms with Gasteiger partial charge in [0.1, 0.15) is 12.4 Å². The number of hydrogen-bond acceptors (Lipinski definition) is 7. The van der Waals surface area contributed by atoms with E-state index in [9.17, 15) is 13.2 Å². The van der Waals surface area contributed by atoms with Gasteiger partial charge in [-0.05, 0) is 18.2 Å². The van der Waals surface area contributed by atoms with E-state index in [1.807, 2.05) is 0 Å². The largest absolute Gasteiger partial charge is 0.493 e. The van der Waals surface area contributed by atoms with Gasteiger partial charge >= 0.3 is 0 Å². The molecule has 0 saturated carbocycles. The first-order valence-corrected chi connectivity index (χ1v) is 12.6. The Balaban J connectivity index is 1.81. The number of anilines is 2. The van der Waals surface area contributed by atoms with Crippen LogP contribution < -0.4 is 20.1 Å². The zero-order valence-corrected chi connectivity index (χ0v) is 19.6. The molecule has 0 unspecified atom stereocenters. The molecule has 0 aliphatic carbocycles. The second-order valence-corrected chi connectivity index (χ2v) is 10.2. The average Bonchev–Trinajstić information content (AvgIpc) is 3.13. The van der Waals surface area contributed by atoms with Crippen LogP contribution in [0.15, 0.2) is 36.7 Å². The molecule has 3 aromatic rings. The Hall–Kier alpha value is -3.24. The van der Waals surface area contributed by atoms with Gasteiger partial charge in [0.2, 0.25) is 0 Å². The maximum atomic E-state index is 12.8. The molecule has 2 aromatic heterocycles. The molecule has 1 aliphatic rings. The molecule has 1 aromatic carbocycles. The summed E-state index contributed by atoms with van der Waals surface area (Å²) < 4.78 is 34.2. The van der Waals surface area contributed by atoms with Crippen molar-refractivity contribution in [1.82, 2.24) is 15.3 Å². The van der Waals surface area contributed by atoms with E-state index in [-0.39, 0.29) is 18.3 Å². The van der Waals surface area contributed by atoms with Crippen molar-refractivity contribution in [2.24, 2.45) is 0 Å². The van der Waals surface area contributed by atoms with Crippen LogP contribution in [0, 0.1) is 0 Å². The molecule has 1 aliphatic heterocycles. The van der Waals surface area contributed by atoms with Gasteiger partial charge in [-0.2, -0.15) is 0 Å². The third-order valence-corrected chi connectivity index (χ3v) is 6.37. The number of ether oxygens (including phenoxy) is 2. The quantitative estimate of drug-likeness (QED) is 0.443. The highest BCUT2D eigenvalue weighted by molar-refractivity contribution is 7.90. The summed E-state index contributed by atoms with van der Waals surface area (Å²) in [5.41, 5.74) is 3.61. The van der Waals surface area contributed by atoms with Crippen molar-refractivity contribution >= 4 is 38.7 Å². The van der Waals surface area contributed by atoms with Crippen LogP contribution in [0.3, 0.4) is 0 Å². The number of nitrogens with one attached hydrogen (secondary N) is 3. The molecule has 0 atom stereocenters. The van der Waals surface area contributed by atoms with Crippen molar-refractivity contribution in [1.29, 1.82) is 0 Å². The molecule has 174 valence electrons. The Morgan fingerprint density at radius 1 is 1.27 bits per heavy atom. The summed E-state index contributed by atoms with van der Waals surface area (Å²) in [5.74, 6) is 0.489. The summed E-state index contributed by atoms with van der Waals surface area (Å²) in [5, 5.41) is 6.60. The number of H-pyrrole nitrogens is 1. The highest BCUT2D eigenvalue weighted by atomic mass is 35.5. The summed E-state index contributed by atoms with van der Waals surface area (Å²) in [4.78, 5) is 20.2. The number of nitrogens with zero attached hydrogens (tertiary/aromatic N) is 1. The lowest BCUT2D eigenvalue weighted by atomic mass is 10.0. The van der Waals surface area contributed by atoms with Crippen LogP contribution in [-0.4, -0.2) is 56.6 Å². The number of methoxy groups -OCH3 is 1. The molecule has 3 N–H and O–H groups in total. The average molecular weight is 491 g/mol. The van der Waals surface area contributed by atoms with E-state index in [0.29, 0.717) is 57.7 Å². The summed E-state index contributed by atoms with van der Waals surface area (Å²) in [7, 11) is -1.67. The molecule has 33 heavy (non-hydrogen) atoms. The molecule has 11 heteroatoms. The smallest absolute Gasteiger partial charge is 0.255 e. The molecular weight excluding hydrogens is 468 g/mol. The lowest BCUT2D eigenvalue weighted by Gasteiger charge is -2.17. The molecule has 1 amide bonds. The Kier molecular flexibility index (Phi) is 6.48.